The van der Waals surface area contributed by atoms with Crippen molar-refractivity contribution in [1.82, 2.24) is 4.90 Å². The first-order valence-corrected chi connectivity index (χ1v) is 8.15. The molecule has 3 rings (SSSR count). The van der Waals surface area contributed by atoms with Gasteiger partial charge in [0, 0.05) is 31.3 Å². The number of hydrogen-bond donors (Lipinski definition) is 1. The summed E-state index contributed by atoms with van der Waals surface area (Å²) in [6.45, 7) is 1.82. The molecule has 2 aromatic carbocycles. The van der Waals surface area contributed by atoms with Crippen molar-refractivity contribution in [2.75, 3.05) is 20.1 Å². The Balaban J connectivity index is 1.98. The summed E-state index contributed by atoms with van der Waals surface area (Å²) < 4.78 is 0. The third-order valence-corrected chi connectivity index (χ3v) is 4.92. The van der Waals surface area contributed by atoms with E-state index in [2.05, 4.69) is 36.2 Å². The van der Waals surface area contributed by atoms with Crippen LogP contribution in [-0.4, -0.2) is 36.1 Å². The second kappa shape index (κ2) is 6.97. The lowest BCUT2D eigenvalue weighted by Crippen LogP contribution is -2.42. The van der Waals surface area contributed by atoms with E-state index in [0.717, 1.165) is 13.1 Å². The smallest absolute Gasteiger partial charge is 0.303 e. The molecule has 0 saturated carbocycles. The van der Waals surface area contributed by atoms with Crippen LogP contribution in [0.5, 0.6) is 0 Å². The summed E-state index contributed by atoms with van der Waals surface area (Å²) in [6, 6.07) is 20.7. The first-order chi connectivity index (χ1) is 11.1. The lowest BCUT2D eigenvalue weighted by molar-refractivity contribution is -0.138. The van der Waals surface area contributed by atoms with Crippen molar-refractivity contribution in [1.29, 1.82) is 0 Å². The maximum absolute atomic E-state index is 11.5. The average Bonchev–Trinajstić information content (AvgIpc) is 2.57. The number of likely N-dealkylation sites (tertiary alicyclic amines) is 1. The molecule has 1 N–H and O–H groups in total. The van der Waals surface area contributed by atoms with Crippen molar-refractivity contribution in [2.24, 2.45) is 5.92 Å². The van der Waals surface area contributed by atoms with Crippen molar-refractivity contribution in [3.05, 3.63) is 71.8 Å². The SMILES string of the molecule is CN1C[C@@H](c2ccccc2)C(CC(=O)O)[C@H](c2ccccc2)C1. The molecular weight excluding hydrogens is 286 g/mol. The van der Waals surface area contributed by atoms with Crippen molar-refractivity contribution >= 4 is 5.97 Å². The Morgan fingerprint density at radius 3 is 1.78 bits per heavy atom. The zero-order valence-electron chi connectivity index (χ0n) is 13.4. The first kappa shape index (κ1) is 15.8. The highest BCUT2D eigenvalue weighted by Gasteiger charge is 2.38. The van der Waals surface area contributed by atoms with E-state index in [-0.39, 0.29) is 24.2 Å². The Morgan fingerprint density at radius 1 is 0.957 bits per heavy atom. The van der Waals surface area contributed by atoms with Gasteiger partial charge in [-0.05, 0) is 24.1 Å². The van der Waals surface area contributed by atoms with Crippen LogP contribution >= 0.6 is 0 Å². The third-order valence-electron chi connectivity index (χ3n) is 4.92. The number of carbonyl (C=O) groups is 1. The molecule has 0 aromatic heterocycles. The first-order valence-electron chi connectivity index (χ1n) is 8.15. The molecule has 1 fully saturated rings. The molecule has 1 aliphatic heterocycles. The van der Waals surface area contributed by atoms with Crippen molar-refractivity contribution in [3.8, 4) is 0 Å². The Hall–Kier alpha value is -2.13. The standard InChI is InChI=1S/C20H23NO2/c1-21-13-18(15-8-4-2-5-9-15)17(12-20(22)23)19(14-21)16-10-6-3-7-11-16/h2-11,17-19H,12-14H2,1H3,(H,22,23)/t18-,19-/m0/s1. The number of carboxylic acids is 1. The minimum atomic E-state index is -0.707. The average molecular weight is 309 g/mol. The maximum atomic E-state index is 11.5. The van der Waals surface area contributed by atoms with Crippen LogP contribution in [0.15, 0.2) is 60.7 Å². The van der Waals surface area contributed by atoms with Gasteiger partial charge in [0.2, 0.25) is 0 Å². The zero-order valence-corrected chi connectivity index (χ0v) is 13.4. The van der Waals surface area contributed by atoms with Gasteiger partial charge in [0.15, 0.2) is 0 Å². The van der Waals surface area contributed by atoms with E-state index in [0.29, 0.717) is 0 Å². The van der Waals surface area contributed by atoms with E-state index < -0.39 is 5.97 Å². The normalized spacial score (nSPS) is 22.8. The Labute approximate surface area is 137 Å². The third kappa shape index (κ3) is 3.62. The predicted octanol–water partition coefficient (Wildman–Crippen LogP) is 3.59. The van der Waals surface area contributed by atoms with Crippen LogP contribution in [0.4, 0.5) is 0 Å². The number of rotatable bonds is 4. The predicted molar refractivity (Wildman–Crippen MR) is 91.6 cm³/mol. The topological polar surface area (TPSA) is 40.5 Å². The number of carboxylic acid groups (broad SMARTS) is 1. The van der Waals surface area contributed by atoms with E-state index in [4.69, 9.17) is 0 Å². The highest BCUT2D eigenvalue weighted by molar-refractivity contribution is 5.67. The van der Waals surface area contributed by atoms with Crippen LogP contribution in [0.25, 0.3) is 0 Å². The molecule has 1 heterocycles. The molecule has 0 bridgehead atoms. The van der Waals surface area contributed by atoms with Crippen LogP contribution < -0.4 is 0 Å². The van der Waals surface area contributed by atoms with Gasteiger partial charge in [0.25, 0.3) is 0 Å². The molecule has 1 aliphatic rings. The van der Waals surface area contributed by atoms with Crippen molar-refractivity contribution in [3.63, 3.8) is 0 Å². The van der Waals surface area contributed by atoms with E-state index in [9.17, 15) is 9.90 Å². The van der Waals surface area contributed by atoms with E-state index >= 15 is 0 Å². The van der Waals surface area contributed by atoms with Crippen molar-refractivity contribution < 1.29 is 9.90 Å². The fourth-order valence-electron chi connectivity index (χ4n) is 3.89. The summed E-state index contributed by atoms with van der Waals surface area (Å²) >= 11 is 0. The van der Waals surface area contributed by atoms with E-state index in [1.165, 1.54) is 11.1 Å². The molecule has 0 aliphatic carbocycles. The second-order valence-electron chi connectivity index (χ2n) is 6.52. The zero-order chi connectivity index (χ0) is 16.2. The summed E-state index contributed by atoms with van der Waals surface area (Å²) in [6.07, 6.45) is 0.215. The largest absolute Gasteiger partial charge is 0.481 e. The molecule has 0 radical (unpaired) electrons. The summed E-state index contributed by atoms with van der Waals surface area (Å²) in [5.41, 5.74) is 2.48. The van der Waals surface area contributed by atoms with Crippen LogP contribution in [0.2, 0.25) is 0 Å². The fraction of sp³-hybridized carbons (Fsp3) is 0.350. The van der Waals surface area contributed by atoms with Gasteiger partial charge in [0.1, 0.15) is 0 Å². The molecule has 3 nitrogen and oxygen atoms in total. The maximum Gasteiger partial charge on any atom is 0.303 e. The summed E-state index contributed by atoms with van der Waals surface area (Å²) in [5, 5.41) is 9.45. The van der Waals surface area contributed by atoms with Gasteiger partial charge in [-0.25, -0.2) is 0 Å². The summed E-state index contributed by atoms with van der Waals surface area (Å²) in [5.74, 6) is -0.0950. The summed E-state index contributed by atoms with van der Waals surface area (Å²) in [4.78, 5) is 13.8. The quantitative estimate of drug-likeness (QED) is 0.938. The number of nitrogens with zero attached hydrogens (tertiary/aromatic N) is 1. The lowest BCUT2D eigenvalue weighted by atomic mass is 9.70. The molecule has 0 unspecified atom stereocenters. The van der Waals surface area contributed by atoms with Gasteiger partial charge in [-0.2, -0.15) is 0 Å². The second-order valence-corrected chi connectivity index (χ2v) is 6.52. The number of piperidine rings is 1. The van der Waals surface area contributed by atoms with Gasteiger partial charge in [-0.3, -0.25) is 4.79 Å². The number of hydrogen-bond acceptors (Lipinski definition) is 2. The molecule has 1 saturated heterocycles. The van der Waals surface area contributed by atoms with Gasteiger partial charge in [-0.1, -0.05) is 60.7 Å². The number of benzene rings is 2. The number of aliphatic carboxylic acids is 1. The van der Waals surface area contributed by atoms with Crippen LogP contribution in [0.3, 0.4) is 0 Å². The lowest BCUT2D eigenvalue weighted by Gasteiger charge is -2.42. The molecule has 120 valence electrons. The van der Waals surface area contributed by atoms with Crippen LogP contribution in [0.1, 0.15) is 29.4 Å². The Bertz CT molecular complexity index is 592. The van der Waals surface area contributed by atoms with Crippen LogP contribution in [0, 0.1) is 5.92 Å². The fourth-order valence-corrected chi connectivity index (χ4v) is 3.89. The summed E-state index contributed by atoms with van der Waals surface area (Å²) in [7, 11) is 2.13. The van der Waals surface area contributed by atoms with Gasteiger partial charge >= 0.3 is 5.97 Å². The molecule has 0 spiro atoms. The van der Waals surface area contributed by atoms with Gasteiger partial charge in [0.05, 0.1) is 0 Å². The minimum Gasteiger partial charge on any atom is -0.481 e. The molecule has 23 heavy (non-hydrogen) atoms. The van der Waals surface area contributed by atoms with Crippen molar-refractivity contribution in [2.45, 2.75) is 18.3 Å². The van der Waals surface area contributed by atoms with E-state index in [1.807, 2.05) is 36.4 Å². The molecule has 2 atom stereocenters. The van der Waals surface area contributed by atoms with Gasteiger partial charge < -0.3 is 10.0 Å². The Morgan fingerprint density at radius 2 is 1.39 bits per heavy atom. The monoisotopic (exact) mass is 309 g/mol. The minimum absolute atomic E-state index is 0.119. The van der Waals surface area contributed by atoms with E-state index in [1.54, 1.807) is 0 Å². The molecule has 3 heteroatoms. The van der Waals surface area contributed by atoms with Crippen LogP contribution in [-0.2, 0) is 4.79 Å². The Kier molecular flexibility index (Phi) is 4.77. The molecule has 2 aromatic rings. The van der Waals surface area contributed by atoms with Gasteiger partial charge in [-0.15, -0.1) is 0 Å². The molecule has 0 amide bonds. The number of likely N-dealkylation sites (N-methyl/N-ethyl adjacent to an activating group) is 1. The highest BCUT2D eigenvalue weighted by Crippen LogP contribution is 2.42. The highest BCUT2D eigenvalue weighted by atomic mass is 16.4. The molecular formula is C20H23NO2.